The first-order chi connectivity index (χ1) is 4.61. The zero-order valence-corrected chi connectivity index (χ0v) is 5.65. The van der Waals surface area contributed by atoms with Crippen molar-refractivity contribution in [3.63, 3.8) is 0 Å². The molecule has 0 bridgehead atoms. The van der Waals surface area contributed by atoms with Crippen LogP contribution in [0, 0.1) is 0 Å². The quantitative estimate of drug-likeness (QED) is 0.500. The van der Waals surface area contributed by atoms with Gasteiger partial charge < -0.3 is 14.9 Å². The fourth-order valence-electron chi connectivity index (χ4n) is 1.01. The normalized spacial score (nSPS) is 40.1. The van der Waals surface area contributed by atoms with Crippen molar-refractivity contribution in [3.8, 4) is 0 Å². The molecule has 58 valence electrons. The number of aliphatic hydroxyl groups excluding tert-OH is 2. The Kier molecular flexibility index (Phi) is 2.03. The third-order valence-corrected chi connectivity index (χ3v) is 1.50. The highest BCUT2D eigenvalue weighted by molar-refractivity contribution is 5.81. The summed E-state index contributed by atoms with van der Waals surface area (Å²) in [6, 6.07) is 0. The maximum Gasteiger partial charge on any atom is 0.161 e. The molecule has 4 heteroatoms. The number of Topliss-reactive ketones (excluding diaryl/α,β-unsaturated/α-hetero) is 1. The summed E-state index contributed by atoms with van der Waals surface area (Å²) >= 11 is 0. The number of aliphatic hydroxyl groups is 2. The molecule has 1 aliphatic heterocycles. The average Bonchev–Trinajstić information content (AvgIpc) is 2.10. The van der Waals surface area contributed by atoms with Crippen molar-refractivity contribution in [2.75, 3.05) is 0 Å². The third kappa shape index (κ3) is 1.34. The van der Waals surface area contributed by atoms with Crippen LogP contribution in [0.5, 0.6) is 0 Å². The number of carbonyl (C=O) groups excluding carboxylic acids is 1. The Morgan fingerprint density at radius 1 is 1.60 bits per heavy atom. The molecule has 1 rings (SSSR count). The highest BCUT2D eigenvalue weighted by atomic mass is 16.6. The van der Waals surface area contributed by atoms with Crippen LogP contribution in [-0.2, 0) is 9.53 Å². The van der Waals surface area contributed by atoms with E-state index in [1.807, 2.05) is 0 Å². The second kappa shape index (κ2) is 2.65. The van der Waals surface area contributed by atoms with Gasteiger partial charge in [-0.15, -0.1) is 0 Å². The molecule has 3 atom stereocenters. The molecule has 4 nitrogen and oxygen atoms in total. The van der Waals surface area contributed by atoms with Crippen LogP contribution in [0.15, 0.2) is 0 Å². The van der Waals surface area contributed by atoms with Crippen molar-refractivity contribution < 1.29 is 19.7 Å². The van der Waals surface area contributed by atoms with E-state index in [4.69, 9.17) is 14.9 Å². The zero-order chi connectivity index (χ0) is 7.72. The molecule has 0 spiro atoms. The lowest BCUT2D eigenvalue weighted by Crippen LogP contribution is -2.28. The maximum atomic E-state index is 10.6. The first kappa shape index (κ1) is 7.65. The smallest absolute Gasteiger partial charge is 0.161 e. The predicted molar refractivity (Wildman–Crippen MR) is 32.2 cm³/mol. The summed E-state index contributed by atoms with van der Waals surface area (Å²) in [5.74, 6) is -0.246. The number of ketones is 1. The molecule has 2 N–H and O–H groups in total. The van der Waals surface area contributed by atoms with Crippen LogP contribution in [0.3, 0.4) is 0 Å². The van der Waals surface area contributed by atoms with Crippen LogP contribution in [0.2, 0.25) is 0 Å². The van der Waals surface area contributed by atoms with Gasteiger partial charge in [0.05, 0.1) is 6.10 Å². The van der Waals surface area contributed by atoms with E-state index in [1.165, 1.54) is 6.92 Å². The van der Waals surface area contributed by atoms with Crippen LogP contribution < -0.4 is 0 Å². The predicted octanol–water partition coefficient (Wildman–Crippen LogP) is -0.956. The highest BCUT2D eigenvalue weighted by Crippen LogP contribution is 2.18. The Morgan fingerprint density at radius 3 is 2.40 bits per heavy atom. The molecule has 0 saturated carbocycles. The van der Waals surface area contributed by atoms with E-state index < -0.39 is 18.5 Å². The second-order valence-electron chi connectivity index (χ2n) is 2.43. The molecular weight excluding hydrogens is 136 g/mol. The Labute approximate surface area is 58.4 Å². The largest absolute Gasteiger partial charge is 0.390 e. The van der Waals surface area contributed by atoms with Crippen LogP contribution in [0.4, 0.5) is 0 Å². The van der Waals surface area contributed by atoms with Crippen LogP contribution in [0.25, 0.3) is 0 Å². The number of rotatable bonds is 1. The standard InChI is InChI=1S/C6H10O4/c1-3(7)6-4(8)2-5(9)10-6/h4-6,8-9H,2H2,1H3/t4-,5?,6+/m0/s1. The van der Waals surface area contributed by atoms with E-state index in [0.717, 1.165) is 0 Å². The van der Waals surface area contributed by atoms with Crippen LogP contribution in [-0.4, -0.2) is 34.5 Å². The summed E-state index contributed by atoms with van der Waals surface area (Å²) in [6.45, 7) is 1.33. The first-order valence-electron chi connectivity index (χ1n) is 3.13. The monoisotopic (exact) mass is 146 g/mol. The van der Waals surface area contributed by atoms with Gasteiger partial charge in [0.25, 0.3) is 0 Å². The van der Waals surface area contributed by atoms with Crippen molar-refractivity contribution in [2.45, 2.75) is 31.8 Å². The topological polar surface area (TPSA) is 66.8 Å². The van der Waals surface area contributed by atoms with Gasteiger partial charge >= 0.3 is 0 Å². The zero-order valence-electron chi connectivity index (χ0n) is 5.65. The average molecular weight is 146 g/mol. The van der Waals surface area contributed by atoms with Gasteiger partial charge in [-0.3, -0.25) is 4.79 Å². The molecule has 10 heavy (non-hydrogen) atoms. The Balaban J connectivity index is 2.54. The summed E-state index contributed by atoms with van der Waals surface area (Å²) in [7, 11) is 0. The number of hydrogen-bond acceptors (Lipinski definition) is 4. The van der Waals surface area contributed by atoms with E-state index in [1.54, 1.807) is 0 Å². The molecule has 0 amide bonds. The molecule has 1 aliphatic rings. The van der Waals surface area contributed by atoms with E-state index in [2.05, 4.69) is 0 Å². The van der Waals surface area contributed by atoms with Gasteiger partial charge in [-0.05, 0) is 6.92 Å². The van der Waals surface area contributed by atoms with Crippen molar-refractivity contribution in [1.82, 2.24) is 0 Å². The molecule has 1 heterocycles. The number of ether oxygens (including phenoxy) is 1. The highest BCUT2D eigenvalue weighted by Gasteiger charge is 2.35. The third-order valence-electron chi connectivity index (χ3n) is 1.50. The van der Waals surface area contributed by atoms with E-state index in [0.29, 0.717) is 0 Å². The minimum Gasteiger partial charge on any atom is -0.390 e. The van der Waals surface area contributed by atoms with Gasteiger partial charge in [0.15, 0.2) is 12.1 Å². The molecule has 1 saturated heterocycles. The summed E-state index contributed by atoms with van der Waals surface area (Å²) in [5.41, 5.74) is 0. The van der Waals surface area contributed by atoms with E-state index >= 15 is 0 Å². The van der Waals surface area contributed by atoms with Crippen LogP contribution >= 0.6 is 0 Å². The second-order valence-corrected chi connectivity index (χ2v) is 2.43. The summed E-state index contributed by atoms with van der Waals surface area (Å²) < 4.78 is 4.69. The van der Waals surface area contributed by atoms with Crippen molar-refractivity contribution >= 4 is 5.78 Å². The number of carbonyl (C=O) groups is 1. The molecule has 0 radical (unpaired) electrons. The lowest BCUT2D eigenvalue weighted by atomic mass is 10.1. The number of hydrogen-bond donors (Lipinski definition) is 2. The van der Waals surface area contributed by atoms with Crippen molar-refractivity contribution in [2.24, 2.45) is 0 Å². The van der Waals surface area contributed by atoms with E-state index in [9.17, 15) is 4.79 Å². The minimum absolute atomic E-state index is 0.129. The van der Waals surface area contributed by atoms with Crippen molar-refractivity contribution in [1.29, 1.82) is 0 Å². The lowest BCUT2D eigenvalue weighted by molar-refractivity contribution is -0.142. The summed E-state index contributed by atoms with van der Waals surface area (Å²) in [5, 5.41) is 17.8. The molecule has 0 aliphatic carbocycles. The lowest BCUT2D eigenvalue weighted by Gasteiger charge is -2.07. The fraction of sp³-hybridized carbons (Fsp3) is 0.833. The molecule has 0 aromatic rings. The van der Waals surface area contributed by atoms with Gasteiger partial charge in [0.1, 0.15) is 6.10 Å². The molecule has 0 aromatic heterocycles. The molecular formula is C6H10O4. The van der Waals surface area contributed by atoms with Crippen molar-refractivity contribution in [3.05, 3.63) is 0 Å². The van der Waals surface area contributed by atoms with Gasteiger partial charge in [-0.25, -0.2) is 0 Å². The Morgan fingerprint density at radius 2 is 2.20 bits per heavy atom. The summed E-state index contributed by atoms with van der Waals surface area (Å²) in [4.78, 5) is 10.6. The molecule has 1 unspecified atom stereocenters. The van der Waals surface area contributed by atoms with Gasteiger partial charge in [-0.2, -0.15) is 0 Å². The van der Waals surface area contributed by atoms with E-state index in [-0.39, 0.29) is 12.2 Å². The first-order valence-corrected chi connectivity index (χ1v) is 3.13. The molecule has 0 aromatic carbocycles. The van der Waals surface area contributed by atoms with Gasteiger partial charge in [0.2, 0.25) is 0 Å². The summed E-state index contributed by atoms with van der Waals surface area (Å²) in [6.07, 6.45) is -2.52. The Bertz CT molecular complexity index is 145. The maximum absolute atomic E-state index is 10.6. The van der Waals surface area contributed by atoms with Gasteiger partial charge in [-0.1, -0.05) is 0 Å². The van der Waals surface area contributed by atoms with Crippen LogP contribution in [0.1, 0.15) is 13.3 Å². The fourth-order valence-corrected chi connectivity index (χ4v) is 1.01. The minimum atomic E-state index is -0.983. The van der Waals surface area contributed by atoms with Gasteiger partial charge in [0, 0.05) is 6.42 Å². The Hall–Kier alpha value is -0.450. The molecule has 1 fully saturated rings. The SMILES string of the molecule is CC(=O)[C@H]1OC(O)C[C@@H]1O.